The number of aromatic nitrogens is 2. The third kappa shape index (κ3) is 2.68. The zero-order chi connectivity index (χ0) is 20.2. The Labute approximate surface area is 168 Å². The Morgan fingerprint density at radius 2 is 1.90 bits per heavy atom. The number of halogens is 3. The van der Waals surface area contributed by atoms with Crippen molar-refractivity contribution in [1.82, 2.24) is 9.97 Å². The van der Waals surface area contributed by atoms with Crippen LogP contribution in [0.2, 0.25) is 0 Å². The van der Waals surface area contributed by atoms with Crippen molar-refractivity contribution in [3.63, 3.8) is 0 Å². The third-order valence-electron chi connectivity index (χ3n) is 5.41. The van der Waals surface area contributed by atoms with Crippen molar-refractivity contribution in [3.05, 3.63) is 65.3 Å². The van der Waals surface area contributed by atoms with Crippen LogP contribution in [0.3, 0.4) is 0 Å². The number of rotatable bonds is 2. The lowest BCUT2D eigenvalue weighted by molar-refractivity contribution is -0.268. The second kappa shape index (κ2) is 6.36. The predicted molar refractivity (Wildman–Crippen MR) is 104 cm³/mol. The highest BCUT2D eigenvalue weighted by atomic mass is 32.1. The maximum Gasteiger partial charge on any atom is 0.439 e. The summed E-state index contributed by atoms with van der Waals surface area (Å²) in [6.45, 7) is 0. The highest BCUT2D eigenvalue weighted by Gasteiger charge is 2.68. The van der Waals surface area contributed by atoms with E-state index in [1.807, 2.05) is 12.1 Å². The minimum atomic E-state index is -4.91. The predicted octanol–water partition coefficient (Wildman–Crippen LogP) is 4.24. The molecule has 0 bridgehead atoms. The van der Waals surface area contributed by atoms with Crippen LogP contribution in [0.15, 0.2) is 59.3 Å². The number of alkyl halides is 3. The normalized spacial score (nSPS) is 23.5. The van der Waals surface area contributed by atoms with Gasteiger partial charge in [0.05, 0.1) is 17.3 Å². The fourth-order valence-corrected chi connectivity index (χ4v) is 4.82. The average molecular weight is 416 g/mol. The molecule has 3 heterocycles. The Morgan fingerprint density at radius 1 is 1.14 bits per heavy atom. The number of anilines is 1. The zero-order valence-electron chi connectivity index (χ0n) is 15.0. The molecule has 1 aliphatic heterocycles. The molecular weight excluding hydrogens is 401 g/mol. The Balaban J connectivity index is 1.63. The fraction of sp³-hybridized carbons (Fsp3) is 0.250. The molecule has 1 N–H and O–H groups in total. The van der Waals surface area contributed by atoms with Gasteiger partial charge in [-0.1, -0.05) is 24.3 Å². The van der Waals surface area contributed by atoms with Crippen molar-refractivity contribution < 1.29 is 18.3 Å². The van der Waals surface area contributed by atoms with Crippen LogP contribution in [0.5, 0.6) is 0 Å². The van der Waals surface area contributed by atoms with Gasteiger partial charge in [-0.2, -0.15) is 23.3 Å². The largest absolute Gasteiger partial charge is 0.439 e. The van der Waals surface area contributed by atoms with Crippen molar-refractivity contribution in [2.24, 2.45) is 11.0 Å². The first-order valence-corrected chi connectivity index (χ1v) is 9.89. The summed E-state index contributed by atoms with van der Waals surface area (Å²) in [5.41, 5.74) is -0.0545. The molecule has 0 unspecified atom stereocenters. The van der Waals surface area contributed by atoms with Crippen molar-refractivity contribution in [3.8, 4) is 11.3 Å². The van der Waals surface area contributed by atoms with E-state index in [0.717, 1.165) is 22.5 Å². The van der Waals surface area contributed by atoms with E-state index in [-0.39, 0.29) is 17.3 Å². The van der Waals surface area contributed by atoms with Crippen LogP contribution in [0.25, 0.3) is 11.3 Å². The first kappa shape index (κ1) is 18.3. The summed E-state index contributed by atoms with van der Waals surface area (Å²) < 4.78 is 42.5. The van der Waals surface area contributed by atoms with E-state index in [0.29, 0.717) is 22.7 Å². The van der Waals surface area contributed by atoms with Gasteiger partial charge in [0.1, 0.15) is 0 Å². The van der Waals surface area contributed by atoms with E-state index in [9.17, 15) is 18.3 Å². The lowest BCUT2D eigenvalue weighted by atomic mass is 9.77. The topological polar surface area (TPSA) is 61.6 Å². The highest BCUT2D eigenvalue weighted by molar-refractivity contribution is 7.14. The van der Waals surface area contributed by atoms with Gasteiger partial charge in [-0.15, -0.1) is 11.3 Å². The third-order valence-corrected chi connectivity index (χ3v) is 6.22. The minimum absolute atomic E-state index is 0.00369. The summed E-state index contributed by atoms with van der Waals surface area (Å²) in [7, 11) is 0. The summed E-state index contributed by atoms with van der Waals surface area (Å²) in [5, 5.41) is 17.6. The molecule has 0 spiro atoms. The fourth-order valence-electron chi connectivity index (χ4n) is 3.98. The van der Waals surface area contributed by atoms with Crippen LogP contribution >= 0.6 is 11.3 Å². The first-order valence-electron chi connectivity index (χ1n) is 9.01. The van der Waals surface area contributed by atoms with E-state index in [2.05, 4.69) is 15.1 Å². The summed E-state index contributed by atoms with van der Waals surface area (Å²) in [6, 6.07) is 10.7. The standard InChI is InChI=1S/C20H15F3N4OS/c21-20(22,23)19(28)15-6-5-12-3-1-2-4-14(12)17(15)26-27(19)18-25-16(11-29-18)13-7-9-24-10-8-13/h1-4,7-11,15,28H,5-6H2/t15-,19-/m0/s1. The molecule has 2 atom stereocenters. The van der Waals surface area contributed by atoms with Crippen LogP contribution < -0.4 is 5.01 Å². The Kier molecular flexibility index (Phi) is 4.01. The van der Waals surface area contributed by atoms with Crippen LogP contribution in [-0.4, -0.2) is 32.7 Å². The quantitative estimate of drug-likeness (QED) is 0.679. The molecule has 1 aromatic carbocycles. The molecule has 29 heavy (non-hydrogen) atoms. The van der Waals surface area contributed by atoms with Crippen molar-refractivity contribution in [2.45, 2.75) is 24.7 Å². The van der Waals surface area contributed by atoms with Crippen LogP contribution in [0, 0.1) is 5.92 Å². The number of hydrazone groups is 1. The SMILES string of the molecule is O[C@]1(C(F)(F)F)[C@H]2CCc3ccccc3C2=NN1c1nc(-c2ccncc2)cs1. The molecule has 9 heteroatoms. The van der Waals surface area contributed by atoms with Gasteiger partial charge < -0.3 is 5.11 Å². The van der Waals surface area contributed by atoms with Crippen molar-refractivity contribution in [1.29, 1.82) is 0 Å². The van der Waals surface area contributed by atoms with Gasteiger partial charge in [0.15, 0.2) is 0 Å². The molecule has 0 saturated heterocycles. The lowest BCUT2D eigenvalue weighted by Gasteiger charge is -2.38. The number of thiazole rings is 1. The number of hydrogen-bond donors (Lipinski definition) is 1. The monoisotopic (exact) mass is 416 g/mol. The van der Waals surface area contributed by atoms with Gasteiger partial charge >= 0.3 is 6.18 Å². The Morgan fingerprint density at radius 3 is 2.66 bits per heavy atom. The molecule has 2 aliphatic rings. The van der Waals surface area contributed by atoms with Crippen molar-refractivity contribution in [2.75, 3.05) is 5.01 Å². The van der Waals surface area contributed by atoms with E-state index >= 15 is 0 Å². The molecule has 0 radical (unpaired) electrons. The zero-order valence-corrected chi connectivity index (χ0v) is 15.8. The molecule has 1 aliphatic carbocycles. The Hall–Kier alpha value is -2.78. The molecule has 2 aromatic heterocycles. The van der Waals surface area contributed by atoms with E-state index in [1.54, 1.807) is 42.0 Å². The highest BCUT2D eigenvalue weighted by Crippen LogP contribution is 2.50. The van der Waals surface area contributed by atoms with Crippen molar-refractivity contribution >= 4 is 22.2 Å². The number of hydrogen-bond acceptors (Lipinski definition) is 6. The number of aliphatic hydroxyl groups is 1. The summed E-state index contributed by atoms with van der Waals surface area (Å²) >= 11 is 1.01. The van der Waals surface area contributed by atoms with Crippen LogP contribution in [-0.2, 0) is 6.42 Å². The minimum Gasteiger partial charge on any atom is -0.362 e. The van der Waals surface area contributed by atoms with Gasteiger partial charge in [-0.3, -0.25) is 4.98 Å². The summed E-state index contributed by atoms with van der Waals surface area (Å²) in [5.74, 6) is -1.18. The molecule has 0 amide bonds. The summed E-state index contributed by atoms with van der Waals surface area (Å²) in [4.78, 5) is 8.27. The molecular formula is C20H15F3N4OS. The number of pyridine rings is 1. The first-order chi connectivity index (χ1) is 13.9. The molecule has 3 aromatic rings. The van der Waals surface area contributed by atoms with Gasteiger partial charge in [0, 0.05) is 28.9 Å². The second-order valence-electron chi connectivity index (χ2n) is 7.02. The summed E-state index contributed by atoms with van der Waals surface area (Å²) in [6.07, 6.45) is -1.13. The van der Waals surface area contributed by atoms with Gasteiger partial charge in [-0.05, 0) is 30.5 Å². The second-order valence-corrected chi connectivity index (χ2v) is 7.86. The lowest BCUT2D eigenvalue weighted by Crippen LogP contribution is -2.60. The molecule has 0 fully saturated rings. The molecule has 5 nitrogen and oxygen atoms in total. The number of benzene rings is 1. The van der Waals surface area contributed by atoms with E-state index in [1.165, 1.54) is 0 Å². The van der Waals surface area contributed by atoms with Gasteiger partial charge in [0.25, 0.3) is 5.72 Å². The maximum absolute atomic E-state index is 14.2. The van der Waals surface area contributed by atoms with Gasteiger partial charge in [0.2, 0.25) is 5.13 Å². The molecule has 148 valence electrons. The van der Waals surface area contributed by atoms with E-state index in [4.69, 9.17) is 0 Å². The van der Waals surface area contributed by atoms with Crippen LogP contribution in [0.4, 0.5) is 18.3 Å². The smallest absolute Gasteiger partial charge is 0.362 e. The number of fused-ring (bicyclic) bond motifs is 3. The number of aryl methyl sites for hydroxylation is 1. The molecule has 0 saturated carbocycles. The van der Waals surface area contributed by atoms with Gasteiger partial charge in [-0.25, -0.2) is 4.98 Å². The average Bonchev–Trinajstić information content (AvgIpc) is 3.32. The Bertz CT molecular complexity index is 1100. The maximum atomic E-state index is 14.2. The number of nitrogens with zero attached hydrogens (tertiary/aromatic N) is 4. The molecule has 5 rings (SSSR count). The van der Waals surface area contributed by atoms with E-state index < -0.39 is 17.8 Å². The van der Waals surface area contributed by atoms with Crippen LogP contribution in [0.1, 0.15) is 17.5 Å².